The average Bonchev–Trinajstić information content (AvgIpc) is 2.39. The molecule has 7 heteroatoms. The predicted octanol–water partition coefficient (Wildman–Crippen LogP) is -0.213. The van der Waals surface area contributed by atoms with Gasteiger partial charge in [0.2, 0.25) is 0 Å². The van der Waals surface area contributed by atoms with E-state index in [2.05, 4.69) is 0 Å². The summed E-state index contributed by atoms with van der Waals surface area (Å²) in [4.78, 5) is 21.0. The average molecular weight is 267 g/mol. The molecule has 2 aromatic carbocycles. The second kappa shape index (κ2) is 7.46. The fraction of sp³-hybridized carbons (Fsp3) is 0. The number of benzene rings is 2. The summed E-state index contributed by atoms with van der Waals surface area (Å²) in [5, 5.41) is 19.7. The van der Waals surface area contributed by atoms with Crippen LogP contribution < -0.4 is 18.9 Å². The molecule has 0 atom stereocenters. The van der Waals surface area contributed by atoms with Crippen LogP contribution in [0.25, 0.3) is 11.1 Å². The normalized spacial score (nSPS) is 9.00. The van der Waals surface area contributed by atoms with Crippen molar-refractivity contribution in [1.82, 2.24) is 0 Å². The van der Waals surface area contributed by atoms with Gasteiger partial charge in [-0.2, -0.15) is 0 Å². The predicted molar refractivity (Wildman–Crippen MR) is 67.4 cm³/mol. The number of nitro benzene ring substituents is 1. The number of aromatic carboxylic acids is 1. The molecular formula is C13H10LiNO5. The molecule has 6 nitrogen and oxygen atoms in total. The molecule has 0 unspecified atom stereocenters. The molecule has 0 bridgehead atoms. The first-order valence-corrected chi connectivity index (χ1v) is 5.17. The Balaban J connectivity index is 0.00000180. The van der Waals surface area contributed by atoms with Crippen LogP contribution in [0.2, 0.25) is 0 Å². The molecule has 0 radical (unpaired) electrons. The quantitative estimate of drug-likeness (QED) is 0.470. The van der Waals surface area contributed by atoms with Gasteiger partial charge in [0, 0.05) is 6.07 Å². The van der Waals surface area contributed by atoms with Crippen molar-refractivity contribution in [3.05, 3.63) is 64.2 Å². The van der Waals surface area contributed by atoms with Crippen molar-refractivity contribution < 1.29 is 39.2 Å². The molecule has 0 amide bonds. The van der Waals surface area contributed by atoms with Crippen LogP contribution in [0, 0.1) is 10.1 Å². The zero-order valence-electron chi connectivity index (χ0n) is 10.7. The maximum absolute atomic E-state index is 10.9. The molecule has 2 aromatic rings. The van der Waals surface area contributed by atoms with Crippen LogP contribution in [0.4, 0.5) is 5.69 Å². The molecule has 0 heterocycles. The number of hydrogen-bond donors (Lipinski definition) is 1. The third-order valence-corrected chi connectivity index (χ3v) is 2.53. The van der Waals surface area contributed by atoms with Gasteiger partial charge in [0.05, 0.1) is 4.92 Å². The van der Waals surface area contributed by atoms with Gasteiger partial charge in [0.25, 0.3) is 5.69 Å². The van der Waals surface area contributed by atoms with E-state index in [1.54, 1.807) is 18.2 Å². The first-order chi connectivity index (χ1) is 8.59. The van der Waals surface area contributed by atoms with Crippen molar-refractivity contribution in [3.8, 4) is 11.1 Å². The molecule has 0 aromatic heterocycles. The van der Waals surface area contributed by atoms with Gasteiger partial charge in [-0.1, -0.05) is 36.4 Å². The van der Waals surface area contributed by atoms with Gasteiger partial charge in [0.1, 0.15) is 5.56 Å². The molecule has 0 saturated carbocycles. The zero-order valence-corrected chi connectivity index (χ0v) is 10.7. The molecule has 0 spiro atoms. The van der Waals surface area contributed by atoms with Gasteiger partial charge < -0.3 is 10.6 Å². The Morgan fingerprint density at radius 3 is 2.15 bits per heavy atom. The number of nitro groups is 1. The van der Waals surface area contributed by atoms with E-state index in [1.807, 2.05) is 18.2 Å². The Hall–Kier alpha value is -2.13. The first-order valence-electron chi connectivity index (χ1n) is 5.17. The number of carboxylic acids is 1. The molecule has 0 fully saturated rings. The Labute approximate surface area is 126 Å². The van der Waals surface area contributed by atoms with Crippen molar-refractivity contribution in [3.63, 3.8) is 0 Å². The molecule has 0 aliphatic rings. The first kappa shape index (κ1) is 17.9. The standard InChI is InChI=1S/C13H9NO4.Li.H2O/c15-13(16)11-7-6-10(8-12(11)14(17)18)9-4-2-1-3-5-9;;/h1-8H,(H,15,16);;1H2/q;+1;/p-1. The van der Waals surface area contributed by atoms with Crippen molar-refractivity contribution in [2.24, 2.45) is 0 Å². The summed E-state index contributed by atoms with van der Waals surface area (Å²) in [7, 11) is 0. The fourth-order valence-electron chi connectivity index (χ4n) is 1.67. The Morgan fingerprint density at radius 2 is 1.65 bits per heavy atom. The van der Waals surface area contributed by atoms with Gasteiger partial charge in [-0.25, -0.2) is 4.79 Å². The fourth-order valence-corrected chi connectivity index (χ4v) is 1.67. The smallest absolute Gasteiger partial charge is 0.870 e. The Bertz CT molecular complexity index is 615. The van der Waals surface area contributed by atoms with E-state index >= 15 is 0 Å². The number of hydrogen-bond acceptors (Lipinski definition) is 4. The van der Waals surface area contributed by atoms with E-state index in [9.17, 15) is 14.9 Å². The van der Waals surface area contributed by atoms with Crippen LogP contribution in [0.15, 0.2) is 48.5 Å². The Morgan fingerprint density at radius 1 is 1.05 bits per heavy atom. The van der Waals surface area contributed by atoms with E-state index in [-0.39, 0.29) is 29.9 Å². The molecular weight excluding hydrogens is 257 g/mol. The number of rotatable bonds is 3. The molecule has 98 valence electrons. The topological polar surface area (TPSA) is 110 Å². The van der Waals surface area contributed by atoms with Gasteiger partial charge in [0.15, 0.2) is 0 Å². The minimum Gasteiger partial charge on any atom is -0.870 e. The molecule has 0 aliphatic heterocycles. The monoisotopic (exact) mass is 267 g/mol. The maximum Gasteiger partial charge on any atom is 1.00 e. The largest absolute Gasteiger partial charge is 1.00 e. The molecule has 20 heavy (non-hydrogen) atoms. The van der Waals surface area contributed by atoms with Crippen molar-refractivity contribution in [1.29, 1.82) is 0 Å². The number of nitrogens with zero attached hydrogens (tertiary/aromatic N) is 1. The van der Waals surface area contributed by atoms with Crippen LogP contribution in [0.1, 0.15) is 10.4 Å². The second-order valence-electron chi connectivity index (χ2n) is 3.66. The third-order valence-electron chi connectivity index (χ3n) is 2.53. The van der Waals surface area contributed by atoms with E-state index in [1.165, 1.54) is 12.1 Å². The van der Waals surface area contributed by atoms with Gasteiger partial charge in [-0.3, -0.25) is 10.1 Å². The summed E-state index contributed by atoms with van der Waals surface area (Å²) in [5.74, 6) is -1.30. The van der Waals surface area contributed by atoms with Crippen LogP contribution in [0.5, 0.6) is 0 Å². The summed E-state index contributed by atoms with van der Waals surface area (Å²) < 4.78 is 0. The van der Waals surface area contributed by atoms with Gasteiger partial charge in [-0.15, -0.1) is 0 Å². The third kappa shape index (κ3) is 3.68. The van der Waals surface area contributed by atoms with E-state index in [0.29, 0.717) is 5.56 Å². The molecule has 0 aliphatic carbocycles. The zero-order chi connectivity index (χ0) is 13.1. The van der Waals surface area contributed by atoms with Crippen molar-refractivity contribution in [2.45, 2.75) is 0 Å². The summed E-state index contributed by atoms with van der Waals surface area (Å²) >= 11 is 0. The molecule has 2 rings (SSSR count). The summed E-state index contributed by atoms with van der Waals surface area (Å²) in [5.41, 5.74) is 0.716. The summed E-state index contributed by atoms with van der Waals surface area (Å²) in [6.45, 7) is 0. The SMILES string of the molecule is O=C(O)c1ccc(-c2ccccc2)cc1[N+](=O)[O-].[Li+].[OH-]. The van der Waals surface area contributed by atoms with E-state index in [4.69, 9.17) is 5.11 Å². The minimum absolute atomic E-state index is 0. The van der Waals surface area contributed by atoms with Gasteiger partial charge in [-0.05, 0) is 17.2 Å². The summed E-state index contributed by atoms with van der Waals surface area (Å²) in [6.07, 6.45) is 0. The maximum atomic E-state index is 10.9. The number of carboxylic acid groups (broad SMARTS) is 1. The van der Waals surface area contributed by atoms with Crippen LogP contribution in [0.3, 0.4) is 0 Å². The van der Waals surface area contributed by atoms with E-state index in [0.717, 1.165) is 5.56 Å². The molecule has 0 saturated heterocycles. The van der Waals surface area contributed by atoms with Crippen molar-refractivity contribution >= 4 is 11.7 Å². The van der Waals surface area contributed by atoms with Crippen LogP contribution >= 0.6 is 0 Å². The van der Waals surface area contributed by atoms with Crippen LogP contribution in [-0.4, -0.2) is 21.5 Å². The minimum atomic E-state index is -1.30. The second-order valence-corrected chi connectivity index (χ2v) is 3.66. The van der Waals surface area contributed by atoms with E-state index < -0.39 is 16.6 Å². The van der Waals surface area contributed by atoms with Crippen molar-refractivity contribution in [2.75, 3.05) is 0 Å². The van der Waals surface area contributed by atoms with Crippen LogP contribution in [-0.2, 0) is 0 Å². The number of carbonyl (C=O) groups is 1. The Kier molecular flexibility index (Phi) is 6.66. The molecule has 2 N–H and O–H groups in total. The summed E-state index contributed by atoms with van der Waals surface area (Å²) in [6, 6.07) is 13.2. The van der Waals surface area contributed by atoms with Gasteiger partial charge >= 0.3 is 24.8 Å².